The van der Waals surface area contributed by atoms with Crippen LogP contribution in [0.1, 0.15) is 32.1 Å². The molecule has 0 aliphatic heterocycles. The smallest absolute Gasteiger partial charge is 0.270 e. The van der Waals surface area contributed by atoms with Gasteiger partial charge in [0.05, 0.1) is 10.2 Å². The maximum atomic E-state index is 13.3. The summed E-state index contributed by atoms with van der Waals surface area (Å²) in [4.78, 5) is 16.4. The van der Waals surface area contributed by atoms with Crippen molar-refractivity contribution in [2.75, 3.05) is 7.05 Å². The van der Waals surface area contributed by atoms with E-state index in [4.69, 9.17) is 0 Å². The lowest BCUT2D eigenvalue weighted by Gasteiger charge is -2.19. The Morgan fingerprint density at radius 2 is 1.71 bits per heavy atom. The van der Waals surface area contributed by atoms with Crippen molar-refractivity contribution in [1.82, 2.24) is 9.47 Å². The Balaban J connectivity index is 1.71. The molecule has 0 aliphatic carbocycles. The van der Waals surface area contributed by atoms with Gasteiger partial charge in [0.2, 0.25) is 0 Å². The first-order chi connectivity index (χ1) is 13.5. The lowest BCUT2D eigenvalue weighted by molar-refractivity contribution is 0.0775. The SMILES string of the molecule is Cc1cc2c(cc(C(=O)N(C)Cc3ccccc3)n2Cc2ccccc2C)s1. The van der Waals surface area contributed by atoms with Gasteiger partial charge in [-0.25, -0.2) is 0 Å². The largest absolute Gasteiger partial charge is 0.336 e. The molecule has 142 valence electrons. The first-order valence-electron chi connectivity index (χ1n) is 9.46. The van der Waals surface area contributed by atoms with Crippen LogP contribution < -0.4 is 0 Å². The number of aromatic nitrogens is 1. The molecule has 2 aromatic heterocycles. The molecule has 0 saturated carbocycles. The number of hydrogen-bond donors (Lipinski definition) is 0. The molecule has 2 heterocycles. The van der Waals surface area contributed by atoms with Gasteiger partial charge in [0.1, 0.15) is 5.69 Å². The summed E-state index contributed by atoms with van der Waals surface area (Å²) in [6.07, 6.45) is 0. The van der Waals surface area contributed by atoms with Gasteiger partial charge in [0.25, 0.3) is 5.91 Å². The van der Waals surface area contributed by atoms with Crippen molar-refractivity contribution in [3.8, 4) is 0 Å². The predicted molar refractivity (Wildman–Crippen MR) is 117 cm³/mol. The van der Waals surface area contributed by atoms with E-state index < -0.39 is 0 Å². The molecule has 1 amide bonds. The quantitative estimate of drug-likeness (QED) is 0.434. The van der Waals surface area contributed by atoms with E-state index in [0.717, 1.165) is 16.8 Å². The Labute approximate surface area is 169 Å². The molecule has 4 rings (SSSR count). The first-order valence-corrected chi connectivity index (χ1v) is 10.3. The Kier molecular flexibility index (Phi) is 5.05. The fourth-order valence-corrected chi connectivity index (χ4v) is 4.56. The molecule has 0 N–H and O–H groups in total. The molecule has 28 heavy (non-hydrogen) atoms. The van der Waals surface area contributed by atoms with Gasteiger partial charge >= 0.3 is 0 Å². The lowest BCUT2D eigenvalue weighted by Crippen LogP contribution is -2.28. The maximum Gasteiger partial charge on any atom is 0.270 e. The third-order valence-electron chi connectivity index (χ3n) is 5.13. The van der Waals surface area contributed by atoms with Crippen molar-refractivity contribution >= 4 is 27.5 Å². The van der Waals surface area contributed by atoms with Gasteiger partial charge < -0.3 is 9.47 Å². The number of carbonyl (C=O) groups excluding carboxylic acids is 1. The highest BCUT2D eigenvalue weighted by Gasteiger charge is 2.21. The molecule has 0 bridgehead atoms. The van der Waals surface area contributed by atoms with Crippen molar-refractivity contribution in [2.45, 2.75) is 26.9 Å². The molecular weight excluding hydrogens is 364 g/mol. The summed E-state index contributed by atoms with van der Waals surface area (Å²) < 4.78 is 3.34. The summed E-state index contributed by atoms with van der Waals surface area (Å²) in [6.45, 7) is 5.54. The van der Waals surface area contributed by atoms with Gasteiger partial charge in [-0.2, -0.15) is 0 Å². The summed E-state index contributed by atoms with van der Waals surface area (Å²) in [5.41, 5.74) is 5.51. The molecule has 0 unspecified atom stereocenters. The van der Waals surface area contributed by atoms with Crippen LogP contribution in [0, 0.1) is 13.8 Å². The highest BCUT2D eigenvalue weighted by molar-refractivity contribution is 7.19. The number of amides is 1. The minimum absolute atomic E-state index is 0.0542. The van der Waals surface area contributed by atoms with Gasteiger partial charge in [-0.1, -0.05) is 54.6 Å². The standard InChI is InChI=1S/C24H24N2OS/c1-17-9-7-8-12-20(17)16-26-21-13-18(2)28-23(21)14-22(26)24(27)25(3)15-19-10-5-4-6-11-19/h4-14H,15-16H2,1-3H3. The number of thiophene rings is 1. The van der Waals surface area contributed by atoms with Gasteiger partial charge in [-0.05, 0) is 42.7 Å². The van der Waals surface area contributed by atoms with Crippen molar-refractivity contribution in [3.63, 3.8) is 0 Å². The van der Waals surface area contributed by atoms with Crippen LogP contribution in [-0.4, -0.2) is 22.4 Å². The summed E-state index contributed by atoms with van der Waals surface area (Å²) >= 11 is 1.74. The van der Waals surface area contributed by atoms with Gasteiger partial charge in [0, 0.05) is 25.0 Å². The van der Waals surface area contributed by atoms with Crippen molar-refractivity contribution in [2.24, 2.45) is 0 Å². The molecule has 4 aromatic rings. The van der Waals surface area contributed by atoms with Crippen LogP contribution in [0.3, 0.4) is 0 Å². The zero-order valence-electron chi connectivity index (χ0n) is 16.5. The maximum absolute atomic E-state index is 13.3. The van der Waals surface area contributed by atoms with E-state index in [9.17, 15) is 4.79 Å². The second kappa shape index (κ2) is 7.64. The number of benzene rings is 2. The van der Waals surface area contributed by atoms with Gasteiger partial charge in [-0.3, -0.25) is 4.79 Å². The minimum atomic E-state index is 0.0542. The van der Waals surface area contributed by atoms with Crippen LogP contribution in [0.2, 0.25) is 0 Å². The fourth-order valence-electron chi connectivity index (χ4n) is 3.60. The molecule has 0 fully saturated rings. The Morgan fingerprint density at radius 1 is 1.00 bits per heavy atom. The average Bonchev–Trinajstić information content (AvgIpc) is 3.20. The molecule has 4 heteroatoms. The van der Waals surface area contributed by atoms with E-state index in [1.54, 1.807) is 16.2 Å². The lowest BCUT2D eigenvalue weighted by atomic mass is 10.1. The summed E-state index contributed by atoms with van der Waals surface area (Å²) in [7, 11) is 1.87. The number of fused-ring (bicyclic) bond motifs is 1. The molecule has 0 radical (unpaired) electrons. The number of rotatable bonds is 5. The zero-order valence-corrected chi connectivity index (χ0v) is 17.3. The second-order valence-corrected chi connectivity index (χ2v) is 8.58. The topological polar surface area (TPSA) is 25.2 Å². The Morgan fingerprint density at radius 3 is 2.46 bits per heavy atom. The summed E-state index contributed by atoms with van der Waals surface area (Å²) in [6, 6.07) is 22.7. The monoisotopic (exact) mass is 388 g/mol. The second-order valence-electron chi connectivity index (χ2n) is 7.30. The van der Waals surface area contributed by atoms with E-state index in [-0.39, 0.29) is 5.91 Å². The normalized spacial score (nSPS) is 11.1. The highest BCUT2D eigenvalue weighted by Crippen LogP contribution is 2.30. The van der Waals surface area contributed by atoms with Crippen molar-refractivity contribution in [3.05, 3.63) is 94.0 Å². The number of aryl methyl sites for hydroxylation is 2. The van der Waals surface area contributed by atoms with Crippen LogP contribution >= 0.6 is 11.3 Å². The predicted octanol–water partition coefficient (Wildman–Crippen LogP) is 5.64. The van der Waals surface area contributed by atoms with Crippen LogP contribution in [0.25, 0.3) is 10.2 Å². The van der Waals surface area contributed by atoms with Gasteiger partial charge in [-0.15, -0.1) is 11.3 Å². The van der Waals surface area contributed by atoms with Crippen LogP contribution in [0.4, 0.5) is 0 Å². The third-order valence-corrected chi connectivity index (χ3v) is 6.12. The molecule has 2 aromatic carbocycles. The first kappa shape index (κ1) is 18.5. The van der Waals surface area contributed by atoms with Crippen LogP contribution in [0.15, 0.2) is 66.7 Å². The van der Waals surface area contributed by atoms with Crippen molar-refractivity contribution < 1.29 is 4.79 Å². The minimum Gasteiger partial charge on any atom is -0.336 e. The van der Waals surface area contributed by atoms with E-state index in [1.807, 2.05) is 25.2 Å². The van der Waals surface area contributed by atoms with Crippen LogP contribution in [0.5, 0.6) is 0 Å². The molecular formula is C24H24N2OS. The Hall–Kier alpha value is -2.85. The van der Waals surface area contributed by atoms with Crippen LogP contribution in [-0.2, 0) is 13.1 Å². The van der Waals surface area contributed by atoms with Crippen molar-refractivity contribution in [1.29, 1.82) is 0 Å². The van der Waals surface area contributed by atoms with Gasteiger partial charge in [0.15, 0.2) is 0 Å². The molecule has 3 nitrogen and oxygen atoms in total. The molecule has 0 saturated heterocycles. The van der Waals surface area contributed by atoms with E-state index in [1.165, 1.54) is 20.7 Å². The zero-order chi connectivity index (χ0) is 19.7. The molecule has 0 aliphatic rings. The summed E-state index contributed by atoms with van der Waals surface area (Å²) in [5, 5.41) is 0. The highest BCUT2D eigenvalue weighted by atomic mass is 32.1. The fraction of sp³-hybridized carbons (Fsp3) is 0.208. The average molecular weight is 389 g/mol. The third kappa shape index (κ3) is 3.60. The van der Waals surface area contributed by atoms with E-state index in [2.05, 4.69) is 66.9 Å². The number of carbonyl (C=O) groups is 1. The molecule has 0 atom stereocenters. The number of nitrogens with zero attached hydrogens (tertiary/aromatic N) is 2. The van der Waals surface area contributed by atoms with E-state index in [0.29, 0.717) is 13.1 Å². The summed E-state index contributed by atoms with van der Waals surface area (Å²) in [5.74, 6) is 0.0542. The van der Waals surface area contributed by atoms with E-state index >= 15 is 0 Å². The number of hydrogen-bond acceptors (Lipinski definition) is 2. The Bertz CT molecular complexity index is 1120. The molecule has 0 spiro atoms.